The molecule has 2 rings (SSSR count). The average Bonchev–Trinajstić information content (AvgIpc) is 2.37. The van der Waals surface area contributed by atoms with E-state index in [2.05, 4.69) is 10.2 Å². The number of hydrogen-bond acceptors (Lipinski definition) is 6. The summed E-state index contributed by atoms with van der Waals surface area (Å²) in [6.45, 7) is 0. The van der Waals surface area contributed by atoms with Crippen LogP contribution in [0.5, 0.6) is 0 Å². The Bertz CT molecular complexity index is 698. The van der Waals surface area contributed by atoms with Crippen molar-refractivity contribution < 1.29 is 42.5 Å². The molecule has 0 atom stereocenters. The van der Waals surface area contributed by atoms with Crippen molar-refractivity contribution in [3.8, 4) is 0 Å². The van der Waals surface area contributed by atoms with Gasteiger partial charge in [-0.15, -0.1) is 0 Å². The summed E-state index contributed by atoms with van der Waals surface area (Å²) in [6, 6.07) is 12.0. The molecule has 20 heavy (non-hydrogen) atoms. The molecule has 0 saturated carbocycles. The molecular weight excluding hydrogens is 289 g/mol. The topological polar surface area (TPSA) is 108 Å². The monoisotopic (exact) mass is 299 g/mol. The second kappa shape index (κ2) is 6.96. The minimum absolute atomic E-state index is 0. The maximum absolute atomic E-state index is 10.7. The maximum Gasteiger partial charge on any atom is 1.00 e. The minimum atomic E-state index is -4.43. The number of anilines is 1. The van der Waals surface area contributed by atoms with Gasteiger partial charge in [0.05, 0.1) is 16.3 Å². The zero-order valence-electron chi connectivity index (χ0n) is 10.7. The van der Waals surface area contributed by atoms with Crippen LogP contribution in [0.2, 0.25) is 0 Å². The summed E-state index contributed by atoms with van der Waals surface area (Å²) in [4.78, 5) is -0.293. The quantitative estimate of drug-likeness (QED) is 0.360. The van der Waals surface area contributed by atoms with E-state index in [1.165, 1.54) is 24.3 Å². The van der Waals surface area contributed by atoms with E-state index in [4.69, 9.17) is 5.73 Å². The van der Waals surface area contributed by atoms with Crippen molar-refractivity contribution in [1.82, 2.24) is 0 Å². The van der Waals surface area contributed by atoms with Gasteiger partial charge in [-0.05, 0) is 48.5 Å². The van der Waals surface area contributed by atoms with Crippen LogP contribution in [0.25, 0.3) is 0 Å². The van der Waals surface area contributed by atoms with Gasteiger partial charge in [-0.1, -0.05) is 0 Å². The van der Waals surface area contributed by atoms with Gasteiger partial charge in [0, 0.05) is 5.69 Å². The van der Waals surface area contributed by atoms with Gasteiger partial charge in [0.15, 0.2) is 0 Å². The van der Waals surface area contributed by atoms with Crippen molar-refractivity contribution in [3.63, 3.8) is 0 Å². The Kier molecular flexibility index (Phi) is 5.85. The Morgan fingerprint density at radius 2 is 1.25 bits per heavy atom. The van der Waals surface area contributed by atoms with Crippen LogP contribution in [-0.4, -0.2) is 13.0 Å². The molecule has 0 radical (unpaired) electrons. The van der Waals surface area contributed by atoms with E-state index in [1.54, 1.807) is 24.3 Å². The number of nitrogen functional groups attached to an aromatic ring is 1. The second-order valence-electron chi connectivity index (χ2n) is 3.74. The zero-order valence-corrected chi connectivity index (χ0v) is 13.5. The molecule has 2 aromatic rings. The van der Waals surface area contributed by atoms with Crippen molar-refractivity contribution in [2.45, 2.75) is 4.90 Å². The Balaban J connectivity index is 0.00000200. The fraction of sp³-hybridized carbons (Fsp3) is 0. The van der Waals surface area contributed by atoms with E-state index < -0.39 is 10.1 Å². The van der Waals surface area contributed by atoms with Crippen molar-refractivity contribution in [1.29, 1.82) is 0 Å². The van der Waals surface area contributed by atoms with E-state index >= 15 is 0 Å². The van der Waals surface area contributed by atoms with Crippen LogP contribution in [0.1, 0.15) is 0 Å². The van der Waals surface area contributed by atoms with E-state index in [0.29, 0.717) is 17.1 Å². The van der Waals surface area contributed by atoms with Gasteiger partial charge in [-0.2, -0.15) is 10.2 Å². The van der Waals surface area contributed by atoms with E-state index in [-0.39, 0.29) is 34.5 Å². The molecule has 0 aromatic heterocycles. The minimum Gasteiger partial charge on any atom is -0.744 e. The fourth-order valence-electron chi connectivity index (χ4n) is 1.34. The van der Waals surface area contributed by atoms with Gasteiger partial charge >= 0.3 is 29.6 Å². The molecule has 0 spiro atoms. The number of azo groups is 1. The molecule has 98 valence electrons. The first-order valence-electron chi connectivity index (χ1n) is 5.28. The van der Waals surface area contributed by atoms with Crippen molar-refractivity contribution in [3.05, 3.63) is 48.5 Å². The SMILES string of the molecule is Nc1ccc(N=Nc2ccc(S(=O)(=O)[O-])cc2)cc1.[Na+]. The van der Waals surface area contributed by atoms with Crippen LogP contribution in [0.3, 0.4) is 0 Å². The van der Waals surface area contributed by atoms with E-state index in [9.17, 15) is 13.0 Å². The molecule has 0 aliphatic carbocycles. The van der Waals surface area contributed by atoms with Crippen LogP contribution >= 0.6 is 0 Å². The third-order valence-corrected chi connectivity index (χ3v) is 3.15. The first-order valence-corrected chi connectivity index (χ1v) is 6.69. The van der Waals surface area contributed by atoms with Crippen molar-refractivity contribution in [2.24, 2.45) is 10.2 Å². The average molecular weight is 299 g/mol. The van der Waals surface area contributed by atoms with Crippen LogP contribution in [0, 0.1) is 0 Å². The smallest absolute Gasteiger partial charge is 0.744 e. The van der Waals surface area contributed by atoms with Gasteiger partial charge in [0.1, 0.15) is 10.1 Å². The van der Waals surface area contributed by atoms with Crippen molar-refractivity contribution >= 4 is 27.2 Å². The van der Waals surface area contributed by atoms with Crippen LogP contribution in [-0.2, 0) is 10.1 Å². The molecule has 8 heteroatoms. The van der Waals surface area contributed by atoms with Crippen molar-refractivity contribution in [2.75, 3.05) is 5.73 Å². The number of benzene rings is 2. The molecular formula is C12H10N3NaO3S. The fourth-order valence-corrected chi connectivity index (χ4v) is 1.81. The van der Waals surface area contributed by atoms with Gasteiger partial charge < -0.3 is 10.3 Å². The number of nitrogens with two attached hydrogens (primary N) is 1. The molecule has 0 saturated heterocycles. The van der Waals surface area contributed by atoms with E-state index in [0.717, 1.165) is 0 Å². The molecule has 0 bridgehead atoms. The van der Waals surface area contributed by atoms with Gasteiger partial charge in [-0.25, -0.2) is 8.42 Å². The van der Waals surface area contributed by atoms with Gasteiger partial charge in [0.25, 0.3) is 0 Å². The number of rotatable bonds is 3. The van der Waals surface area contributed by atoms with E-state index in [1.807, 2.05) is 0 Å². The molecule has 2 N–H and O–H groups in total. The molecule has 0 heterocycles. The molecule has 0 amide bonds. The molecule has 0 unspecified atom stereocenters. The summed E-state index contributed by atoms with van der Waals surface area (Å²) < 4.78 is 32.2. The molecule has 0 aliphatic heterocycles. The summed E-state index contributed by atoms with van der Waals surface area (Å²) in [5.41, 5.74) is 7.23. The Morgan fingerprint density at radius 1 is 0.850 bits per heavy atom. The predicted molar refractivity (Wildman–Crippen MR) is 69.4 cm³/mol. The van der Waals surface area contributed by atoms with Gasteiger partial charge in [-0.3, -0.25) is 0 Å². The Labute approximate surface area is 138 Å². The Morgan fingerprint density at radius 3 is 1.65 bits per heavy atom. The first kappa shape index (κ1) is 16.8. The third-order valence-electron chi connectivity index (χ3n) is 2.30. The predicted octanol–water partition coefficient (Wildman–Crippen LogP) is -0.408. The number of nitrogens with zero attached hydrogens (tertiary/aromatic N) is 2. The molecule has 6 nitrogen and oxygen atoms in total. The summed E-state index contributed by atoms with van der Waals surface area (Å²) in [5, 5.41) is 7.87. The zero-order chi connectivity index (χ0) is 13.9. The normalized spacial score (nSPS) is 11.2. The third kappa shape index (κ3) is 4.69. The van der Waals surface area contributed by atoms with Crippen LogP contribution in [0.4, 0.5) is 17.1 Å². The molecule has 0 fully saturated rings. The number of hydrogen-bond donors (Lipinski definition) is 1. The summed E-state index contributed by atoms with van der Waals surface area (Å²) in [5.74, 6) is 0. The summed E-state index contributed by atoms with van der Waals surface area (Å²) >= 11 is 0. The second-order valence-corrected chi connectivity index (χ2v) is 5.12. The van der Waals surface area contributed by atoms with Gasteiger partial charge in [0.2, 0.25) is 0 Å². The summed E-state index contributed by atoms with van der Waals surface area (Å²) in [6.07, 6.45) is 0. The first-order chi connectivity index (χ1) is 8.95. The Hall–Kier alpha value is -1.25. The summed E-state index contributed by atoms with van der Waals surface area (Å²) in [7, 11) is -4.43. The van der Waals surface area contributed by atoms with Crippen LogP contribution in [0.15, 0.2) is 63.7 Å². The van der Waals surface area contributed by atoms with Crippen LogP contribution < -0.4 is 35.3 Å². The standard InChI is InChI=1S/C12H11N3O3S.Na/c13-9-1-3-10(4-2-9)14-15-11-5-7-12(8-6-11)19(16,17)18;/h1-8H,13H2,(H,16,17,18);/q;+1/p-1. The largest absolute Gasteiger partial charge is 1.00 e. The molecule has 0 aliphatic rings. The molecule has 2 aromatic carbocycles. The maximum atomic E-state index is 10.7.